The molecule has 0 aliphatic heterocycles. The van der Waals surface area contributed by atoms with Crippen LogP contribution < -0.4 is 0 Å². The highest BCUT2D eigenvalue weighted by atomic mass is 35.5. The second kappa shape index (κ2) is 4.82. The number of pyridine rings is 1. The number of halogens is 1. The largest absolute Gasteiger partial charge is 0.339 e. The van der Waals surface area contributed by atoms with Gasteiger partial charge >= 0.3 is 0 Å². The van der Waals surface area contributed by atoms with Crippen molar-refractivity contribution in [3.8, 4) is 22.6 Å². The number of nitrogens with zero attached hydrogens (tertiary/aromatic N) is 3. The third-order valence-electron chi connectivity index (χ3n) is 2.69. The van der Waals surface area contributed by atoms with E-state index in [1.54, 1.807) is 6.92 Å². The van der Waals surface area contributed by atoms with E-state index in [2.05, 4.69) is 15.1 Å². The van der Waals surface area contributed by atoms with Crippen LogP contribution >= 0.6 is 11.6 Å². The lowest BCUT2D eigenvalue weighted by Crippen LogP contribution is -1.89. The van der Waals surface area contributed by atoms with E-state index in [1.165, 1.54) is 0 Å². The molecule has 0 amide bonds. The van der Waals surface area contributed by atoms with Gasteiger partial charge in [0, 0.05) is 12.5 Å². The van der Waals surface area contributed by atoms with Gasteiger partial charge in [0.25, 0.3) is 0 Å². The van der Waals surface area contributed by atoms with Crippen molar-refractivity contribution in [3.63, 3.8) is 0 Å². The van der Waals surface area contributed by atoms with Crippen molar-refractivity contribution in [2.75, 3.05) is 0 Å². The van der Waals surface area contributed by atoms with Crippen molar-refractivity contribution < 1.29 is 4.52 Å². The van der Waals surface area contributed by atoms with Gasteiger partial charge in [0.2, 0.25) is 11.7 Å². The quantitative estimate of drug-likeness (QED) is 0.666. The molecule has 3 aromatic rings. The van der Waals surface area contributed by atoms with Crippen LogP contribution in [0, 0.1) is 6.92 Å². The molecule has 2 heterocycles. The van der Waals surface area contributed by atoms with Crippen LogP contribution in [0.4, 0.5) is 0 Å². The van der Waals surface area contributed by atoms with Gasteiger partial charge in [0.15, 0.2) is 0 Å². The Morgan fingerprint density at radius 3 is 2.42 bits per heavy atom. The van der Waals surface area contributed by atoms with Gasteiger partial charge < -0.3 is 4.52 Å². The van der Waals surface area contributed by atoms with Gasteiger partial charge in [-0.3, -0.25) is 0 Å². The first kappa shape index (κ1) is 11.9. The Labute approximate surface area is 115 Å². The summed E-state index contributed by atoms with van der Waals surface area (Å²) < 4.78 is 4.94. The van der Waals surface area contributed by atoms with Crippen LogP contribution in [-0.2, 0) is 0 Å². The van der Waals surface area contributed by atoms with Crippen LogP contribution in [0.1, 0.15) is 5.89 Å². The number of aromatic nitrogens is 3. The summed E-state index contributed by atoms with van der Waals surface area (Å²) in [5, 5.41) is 4.20. The molecule has 94 valence electrons. The lowest BCUT2D eigenvalue weighted by Gasteiger charge is -2.03. The normalized spacial score (nSPS) is 10.6. The van der Waals surface area contributed by atoms with Gasteiger partial charge in [0.05, 0.1) is 11.3 Å². The summed E-state index contributed by atoms with van der Waals surface area (Å²) in [6, 6.07) is 13.6. The molecule has 0 spiro atoms. The minimum Gasteiger partial charge on any atom is -0.339 e. The third-order valence-corrected chi connectivity index (χ3v) is 2.97. The molecule has 0 atom stereocenters. The molecule has 0 unspecified atom stereocenters. The predicted molar refractivity (Wildman–Crippen MR) is 72.7 cm³/mol. The number of rotatable bonds is 2. The average Bonchev–Trinajstić information content (AvgIpc) is 2.86. The van der Waals surface area contributed by atoms with Crippen molar-refractivity contribution in [1.29, 1.82) is 0 Å². The van der Waals surface area contributed by atoms with Crippen LogP contribution in [0.2, 0.25) is 5.15 Å². The molecule has 1 aromatic carbocycles. The number of hydrogen-bond acceptors (Lipinski definition) is 4. The molecular weight excluding hydrogens is 262 g/mol. The van der Waals surface area contributed by atoms with Gasteiger partial charge in [-0.2, -0.15) is 4.98 Å². The van der Waals surface area contributed by atoms with Gasteiger partial charge in [0.1, 0.15) is 5.15 Å². The molecule has 3 rings (SSSR count). The van der Waals surface area contributed by atoms with Crippen LogP contribution in [0.5, 0.6) is 0 Å². The summed E-state index contributed by atoms with van der Waals surface area (Å²) in [4.78, 5) is 8.51. The SMILES string of the molecule is Cc1nc(-c2ccc(-c3ccccc3)nc2Cl)no1. The average molecular weight is 272 g/mol. The van der Waals surface area contributed by atoms with E-state index < -0.39 is 0 Å². The van der Waals surface area contributed by atoms with Crippen LogP contribution in [0.25, 0.3) is 22.6 Å². The van der Waals surface area contributed by atoms with Crippen LogP contribution in [-0.4, -0.2) is 15.1 Å². The predicted octanol–water partition coefficient (Wildman–Crippen LogP) is 3.76. The van der Waals surface area contributed by atoms with E-state index in [0.717, 1.165) is 11.3 Å². The van der Waals surface area contributed by atoms with Gasteiger partial charge in [-0.1, -0.05) is 47.1 Å². The maximum Gasteiger partial charge on any atom is 0.223 e. The fourth-order valence-corrected chi connectivity index (χ4v) is 2.02. The van der Waals surface area contributed by atoms with Gasteiger partial charge in [-0.15, -0.1) is 0 Å². The minimum atomic E-state index is 0.363. The van der Waals surface area contributed by atoms with E-state index in [0.29, 0.717) is 22.4 Å². The second-order valence-electron chi connectivity index (χ2n) is 4.04. The first-order chi connectivity index (χ1) is 9.24. The van der Waals surface area contributed by atoms with Crippen molar-refractivity contribution in [1.82, 2.24) is 15.1 Å². The molecule has 2 aromatic heterocycles. The maximum atomic E-state index is 6.19. The van der Waals surface area contributed by atoms with Crippen LogP contribution in [0.15, 0.2) is 47.0 Å². The lowest BCUT2D eigenvalue weighted by molar-refractivity contribution is 0.394. The molecule has 0 aliphatic carbocycles. The van der Waals surface area contributed by atoms with Crippen LogP contribution in [0.3, 0.4) is 0 Å². The van der Waals surface area contributed by atoms with Crippen molar-refractivity contribution in [3.05, 3.63) is 53.5 Å². The zero-order chi connectivity index (χ0) is 13.2. The van der Waals surface area contributed by atoms with E-state index in [1.807, 2.05) is 42.5 Å². The molecule has 0 bridgehead atoms. The molecule has 0 saturated carbocycles. The number of hydrogen-bond donors (Lipinski definition) is 0. The zero-order valence-corrected chi connectivity index (χ0v) is 10.9. The van der Waals surface area contributed by atoms with Crippen molar-refractivity contribution in [2.45, 2.75) is 6.92 Å². The smallest absolute Gasteiger partial charge is 0.223 e. The molecule has 0 radical (unpaired) electrons. The first-order valence-corrected chi connectivity index (χ1v) is 6.14. The highest BCUT2D eigenvalue weighted by Gasteiger charge is 2.12. The summed E-state index contributed by atoms with van der Waals surface area (Å²) in [6.07, 6.45) is 0. The summed E-state index contributed by atoms with van der Waals surface area (Å²) in [6.45, 7) is 1.73. The number of aryl methyl sites for hydroxylation is 1. The van der Waals surface area contributed by atoms with Crippen molar-refractivity contribution in [2.24, 2.45) is 0 Å². The minimum absolute atomic E-state index is 0.363. The fraction of sp³-hybridized carbons (Fsp3) is 0.0714. The van der Waals surface area contributed by atoms with Gasteiger partial charge in [-0.05, 0) is 12.1 Å². The molecule has 0 saturated heterocycles. The topological polar surface area (TPSA) is 51.8 Å². The molecule has 0 fully saturated rings. The van der Waals surface area contributed by atoms with E-state index in [-0.39, 0.29) is 0 Å². The Bertz CT molecular complexity index is 710. The molecule has 4 nitrogen and oxygen atoms in total. The first-order valence-electron chi connectivity index (χ1n) is 5.77. The van der Waals surface area contributed by atoms with E-state index in [4.69, 9.17) is 16.1 Å². The fourth-order valence-electron chi connectivity index (χ4n) is 1.78. The molecule has 5 heteroatoms. The maximum absolute atomic E-state index is 6.19. The summed E-state index contributed by atoms with van der Waals surface area (Å²) in [7, 11) is 0. The molecule has 19 heavy (non-hydrogen) atoms. The van der Waals surface area contributed by atoms with Crippen molar-refractivity contribution >= 4 is 11.6 Å². The molecule has 0 aliphatic rings. The van der Waals surface area contributed by atoms with Gasteiger partial charge in [-0.25, -0.2) is 4.98 Å². The Kier molecular flexibility index (Phi) is 3.01. The standard InChI is InChI=1S/C14H10ClN3O/c1-9-16-14(18-19-9)11-7-8-12(17-13(11)15)10-5-3-2-4-6-10/h2-8H,1H3. The second-order valence-corrected chi connectivity index (χ2v) is 4.40. The van der Waals surface area contributed by atoms with E-state index in [9.17, 15) is 0 Å². The monoisotopic (exact) mass is 271 g/mol. The Morgan fingerprint density at radius 2 is 1.79 bits per heavy atom. The van der Waals surface area contributed by atoms with E-state index >= 15 is 0 Å². The Morgan fingerprint density at radius 1 is 1.00 bits per heavy atom. The highest BCUT2D eigenvalue weighted by Crippen LogP contribution is 2.27. The Balaban J connectivity index is 2.03. The highest BCUT2D eigenvalue weighted by molar-refractivity contribution is 6.32. The number of benzene rings is 1. The molecular formula is C14H10ClN3O. The summed E-state index contributed by atoms with van der Waals surface area (Å²) in [5.41, 5.74) is 2.49. The zero-order valence-electron chi connectivity index (χ0n) is 10.2. The summed E-state index contributed by atoms with van der Waals surface area (Å²) in [5.74, 6) is 0.952. The third kappa shape index (κ3) is 2.35. The Hall–Kier alpha value is -2.20. The summed E-state index contributed by atoms with van der Waals surface area (Å²) >= 11 is 6.19. The lowest BCUT2D eigenvalue weighted by atomic mass is 10.1. The molecule has 0 N–H and O–H groups in total.